The maximum Gasteiger partial charge on any atom is 0.352 e. The van der Waals surface area contributed by atoms with Gasteiger partial charge in [-0.2, -0.15) is 0 Å². The van der Waals surface area contributed by atoms with E-state index in [2.05, 4.69) is 42.6 Å². The van der Waals surface area contributed by atoms with Gasteiger partial charge in [0.05, 0.1) is 12.7 Å². The minimum Gasteiger partial charge on any atom is -0.426 e. The summed E-state index contributed by atoms with van der Waals surface area (Å²) in [5.41, 5.74) is 3.24. The van der Waals surface area contributed by atoms with E-state index < -0.39 is 11.9 Å². The molecular formula is C28H40NO4+. The summed E-state index contributed by atoms with van der Waals surface area (Å²) in [6.07, 6.45) is 7.49. The van der Waals surface area contributed by atoms with Gasteiger partial charge in [0.1, 0.15) is 12.7 Å². The zero-order valence-electron chi connectivity index (χ0n) is 20.1. The predicted molar refractivity (Wildman–Crippen MR) is 132 cm³/mol. The number of nitrogens with one attached hydrogen (secondary N) is 1. The van der Waals surface area contributed by atoms with Crippen LogP contribution in [0.1, 0.15) is 68.2 Å². The molecule has 180 valence electrons. The molecule has 2 aromatic rings. The van der Waals surface area contributed by atoms with E-state index in [9.17, 15) is 5.11 Å². The quantitative estimate of drug-likeness (QED) is 0.280. The van der Waals surface area contributed by atoms with E-state index in [1.807, 2.05) is 18.2 Å². The Morgan fingerprint density at radius 1 is 1.03 bits per heavy atom. The molecule has 0 radical (unpaired) electrons. The molecule has 0 bridgehead atoms. The average Bonchev–Trinajstić information content (AvgIpc) is 2.81. The molecule has 1 aliphatic heterocycles. The molecule has 3 rings (SSSR count). The second-order valence-electron chi connectivity index (χ2n) is 9.08. The summed E-state index contributed by atoms with van der Waals surface area (Å²) < 4.78 is 17.1. The molecule has 0 aliphatic carbocycles. The summed E-state index contributed by atoms with van der Waals surface area (Å²) in [6, 6.07) is 16.4. The van der Waals surface area contributed by atoms with E-state index >= 15 is 0 Å². The molecule has 1 aliphatic rings. The van der Waals surface area contributed by atoms with Gasteiger partial charge in [-0.25, -0.2) is 0 Å². The molecule has 2 unspecified atom stereocenters. The number of hydrogen-bond acceptors (Lipinski definition) is 5. The van der Waals surface area contributed by atoms with Gasteiger partial charge in [-0.3, -0.25) is 4.74 Å². The Hall–Kier alpha value is -2.05. The lowest BCUT2D eigenvalue weighted by Gasteiger charge is -2.27. The standard InChI is InChI=1S/C28H40NO4/c1-28(2)32-22-25-20-24(15-16-27(25)33-28)26(30)21-29-17-9-3-4-10-18-31-19-11-8-14-23-12-6-5-7-13-23/h5-7,12-13,15-16,20,26,29-30H,1,3-4,8-11,14,17-19,21-22H2,2H3/q+1. The molecule has 1 heterocycles. The highest BCUT2D eigenvalue weighted by atomic mass is 16.7. The molecule has 2 N–H and O–H groups in total. The number of aliphatic hydroxyl groups excluding tert-OH is 1. The largest absolute Gasteiger partial charge is 0.426 e. The molecule has 0 amide bonds. The summed E-state index contributed by atoms with van der Waals surface area (Å²) >= 11 is 0. The highest BCUT2D eigenvalue weighted by Gasteiger charge is 2.34. The number of aliphatic hydroxyl groups is 1. The van der Waals surface area contributed by atoms with Crippen LogP contribution in [0.15, 0.2) is 48.5 Å². The van der Waals surface area contributed by atoms with Gasteiger partial charge in [0.15, 0.2) is 0 Å². The minimum atomic E-state index is -0.844. The third-order valence-electron chi connectivity index (χ3n) is 5.91. The van der Waals surface area contributed by atoms with Crippen LogP contribution in [0, 0.1) is 6.92 Å². The first kappa shape index (κ1) is 25.6. The van der Waals surface area contributed by atoms with Crippen molar-refractivity contribution in [2.24, 2.45) is 0 Å². The van der Waals surface area contributed by atoms with Crippen molar-refractivity contribution in [3.8, 4) is 5.75 Å². The van der Waals surface area contributed by atoms with Gasteiger partial charge in [-0.1, -0.05) is 49.2 Å². The van der Waals surface area contributed by atoms with Crippen molar-refractivity contribution in [1.82, 2.24) is 5.32 Å². The smallest absolute Gasteiger partial charge is 0.352 e. The van der Waals surface area contributed by atoms with Gasteiger partial charge in [-0.15, -0.1) is 0 Å². The lowest BCUT2D eigenvalue weighted by molar-refractivity contribution is -0.160. The van der Waals surface area contributed by atoms with Crippen molar-refractivity contribution in [3.05, 3.63) is 72.1 Å². The van der Waals surface area contributed by atoms with Crippen LogP contribution in [0.5, 0.6) is 5.75 Å². The molecule has 0 saturated carbocycles. The van der Waals surface area contributed by atoms with Crippen LogP contribution >= 0.6 is 0 Å². The third kappa shape index (κ3) is 9.38. The highest BCUT2D eigenvalue weighted by Crippen LogP contribution is 2.32. The first-order chi connectivity index (χ1) is 16.0. The highest BCUT2D eigenvalue weighted by molar-refractivity contribution is 5.39. The Labute approximate surface area is 199 Å². The van der Waals surface area contributed by atoms with Gasteiger partial charge in [0.2, 0.25) is 0 Å². The third-order valence-corrected chi connectivity index (χ3v) is 5.91. The molecule has 2 aromatic carbocycles. The number of unbranched alkanes of at least 4 members (excludes halogenated alkanes) is 4. The van der Waals surface area contributed by atoms with Gasteiger partial charge in [-0.05, 0) is 61.9 Å². The lowest BCUT2D eigenvalue weighted by atomic mass is 10.0. The average molecular weight is 455 g/mol. The molecule has 33 heavy (non-hydrogen) atoms. The summed E-state index contributed by atoms with van der Waals surface area (Å²) in [5, 5.41) is 13.8. The summed E-state index contributed by atoms with van der Waals surface area (Å²) in [5.74, 6) is -0.0672. The van der Waals surface area contributed by atoms with Crippen LogP contribution in [-0.2, 0) is 22.5 Å². The van der Waals surface area contributed by atoms with Gasteiger partial charge in [0.25, 0.3) is 0 Å². The Morgan fingerprint density at radius 3 is 2.61 bits per heavy atom. The number of rotatable bonds is 15. The molecule has 5 heteroatoms. The molecule has 5 nitrogen and oxygen atoms in total. The number of benzene rings is 2. The molecule has 0 fully saturated rings. The number of ether oxygens (including phenoxy) is 3. The van der Waals surface area contributed by atoms with Gasteiger partial charge in [0, 0.05) is 32.2 Å². The summed E-state index contributed by atoms with van der Waals surface area (Å²) in [6.45, 7) is 9.29. The Morgan fingerprint density at radius 2 is 1.79 bits per heavy atom. The van der Waals surface area contributed by atoms with Crippen LogP contribution in [0.4, 0.5) is 0 Å². The number of hydrogen-bond donors (Lipinski definition) is 2. The topological polar surface area (TPSA) is 60.0 Å². The Kier molecular flexibility index (Phi) is 10.5. The van der Waals surface area contributed by atoms with Crippen LogP contribution in [0.2, 0.25) is 0 Å². The van der Waals surface area contributed by atoms with E-state index in [-0.39, 0.29) is 0 Å². The molecule has 2 atom stereocenters. The van der Waals surface area contributed by atoms with E-state index in [1.54, 1.807) is 6.92 Å². The first-order valence-electron chi connectivity index (χ1n) is 12.4. The molecule has 0 saturated heterocycles. The summed E-state index contributed by atoms with van der Waals surface area (Å²) in [7, 11) is 0. The SMILES string of the molecule is [CH2+]C1(C)OCc2cc(C(O)CNCCCCCCOCCCCc3ccccc3)ccc2O1. The Bertz CT molecular complexity index is 809. The second-order valence-corrected chi connectivity index (χ2v) is 9.08. The molecular weight excluding hydrogens is 414 g/mol. The molecule has 0 aromatic heterocycles. The van der Waals surface area contributed by atoms with Crippen molar-refractivity contribution in [1.29, 1.82) is 0 Å². The maximum absolute atomic E-state index is 10.5. The predicted octanol–water partition coefficient (Wildman–Crippen LogP) is 5.37. The van der Waals surface area contributed by atoms with Crippen molar-refractivity contribution in [3.63, 3.8) is 0 Å². The zero-order chi connectivity index (χ0) is 23.4. The fourth-order valence-electron chi connectivity index (χ4n) is 3.96. The van der Waals surface area contributed by atoms with Crippen LogP contribution < -0.4 is 10.1 Å². The fourth-order valence-corrected chi connectivity index (χ4v) is 3.96. The van der Waals surface area contributed by atoms with Crippen LogP contribution in [-0.4, -0.2) is 37.2 Å². The van der Waals surface area contributed by atoms with E-state index in [0.29, 0.717) is 13.2 Å². The second kappa shape index (κ2) is 13.6. The summed E-state index contributed by atoms with van der Waals surface area (Å²) in [4.78, 5) is 0. The van der Waals surface area contributed by atoms with Crippen molar-refractivity contribution in [2.45, 2.75) is 70.4 Å². The molecule has 0 spiro atoms. The van der Waals surface area contributed by atoms with E-state index in [0.717, 1.165) is 62.3 Å². The number of aryl methyl sites for hydroxylation is 1. The van der Waals surface area contributed by atoms with Crippen molar-refractivity contribution < 1.29 is 19.3 Å². The fraction of sp³-hybridized carbons (Fsp3) is 0.536. The van der Waals surface area contributed by atoms with Gasteiger partial charge < -0.3 is 19.9 Å². The lowest BCUT2D eigenvalue weighted by Crippen LogP contribution is -2.35. The Balaban J connectivity index is 1.15. The van der Waals surface area contributed by atoms with Crippen LogP contribution in [0.25, 0.3) is 0 Å². The number of fused-ring (bicyclic) bond motifs is 1. The van der Waals surface area contributed by atoms with Crippen molar-refractivity contribution >= 4 is 0 Å². The minimum absolute atomic E-state index is 0.445. The maximum atomic E-state index is 10.5. The zero-order valence-corrected chi connectivity index (χ0v) is 20.1. The van der Waals surface area contributed by atoms with Gasteiger partial charge >= 0.3 is 5.79 Å². The van der Waals surface area contributed by atoms with Crippen LogP contribution in [0.3, 0.4) is 0 Å². The monoisotopic (exact) mass is 454 g/mol. The van der Waals surface area contributed by atoms with E-state index in [4.69, 9.17) is 14.2 Å². The van der Waals surface area contributed by atoms with Crippen molar-refractivity contribution in [2.75, 3.05) is 26.3 Å². The van der Waals surface area contributed by atoms with E-state index in [1.165, 1.54) is 24.8 Å². The normalized spacial score (nSPS) is 18.5. The first-order valence-corrected chi connectivity index (χ1v) is 12.4.